The number of anilines is 1. The van der Waals surface area contributed by atoms with Gasteiger partial charge in [0.2, 0.25) is 0 Å². The van der Waals surface area contributed by atoms with Gasteiger partial charge in [-0.3, -0.25) is 9.36 Å². The summed E-state index contributed by atoms with van der Waals surface area (Å²) in [6, 6.07) is 9.47. The van der Waals surface area contributed by atoms with Crippen LogP contribution in [-0.4, -0.2) is 31.9 Å². The van der Waals surface area contributed by atoms with Crippen molar-refractivity contribution in [3.05, 3.63) is 69.6 Å². The zero-order valence-corrected chi connectivity index (χ0v) is 19.7. The van der Waals surface area contributed by atoms with E-state index < -0.39 is 11.7 Å². The van der Waals surface area contributed by atoms with Gasteiger partial charge in [-0.1, -0.05) is 0 Å². The van der Waals surface area contributed by atoms with Crippen molar-refractivity contribution in [2.75, 3.05) is 32.2 Å². The summed E-state index contributed by atoms with van der Waals surface area (Å²) in [6.07, 6.45) is 0.961. The summed E-state index contributed by atoms with van der Waals surface area (Å²) < 4.78 is 54.3. The van der Waals surface area contributed by atoms with Crippen molar-refractivity contribution in [1.82, 2.24) is 4.57 Å². The van der Waals surface area contributed by atoms with Crippen molar-refractivity contribution < 1.29 is 22.6 Å². The van der Waals surface area contributed by atoms with E-state index in [0.717, 1.165) is 49.5 Å². The first-order valence-electron chi connectivity index (χ1n) is 11.8. The van der Waals surface area contributed by atoms with Crippen molar-refractivity contribution in [3.63, 3.8) is 0 Å². The smallest absolute Gasteiger partial charge is 0.418 e. The zero-order chi connectivity index (χ0) is 24.7. The summed E-state index contributed by atoms with van der Waals surface area (Å²) in [4.78, 5) is 15.6. The summed E-state index contributed by atoms with van der Waals surface area (Å²) >= 11 is 0. The predicted molar refractivity (Wildman–Crippen MR) is 129 cm³/mol. The van der Waals surface area contributed by atoms with Gasteiger partial charge in [-0.15, -0.1) is 0 Å². The van der Waals surface area contributed by atoms with Crippen LogP contribution in [0.5, 0.6) is 11.5 Å². The summed E-state index contributed by atoms with van der Waals surface area (Å²) in [5, 5.41) is 0. The van der Waals surface area contributed by atoms with Crippen molar-refractivity contribution >= 4 is 5.69 Å². The Labute approximate surface area is 201 Å². The topological polar surface area (TPSA) is 43.7 Å². The van der Waals surface area contributed by atoms with E-state index in [0.29, 0.717) is 41.2 Å². The largest absolute Gasteiger partial charge is 0.497 e. The number of nitrogens with zero attached hydrogens (tertiary/aromatic N) is 2. The highest BCUT2D eigenvalue weighted by atomic mass is 19.4. The van der Waals surface area contributed by atoms with Crippen molar-refractivity contribution in [2.45, 2.75) is 38.3 Å². The van der Waals surface area contributed by atoms with Gasteiger partial charge < -0.3 is 14.4 Å². The molecular weight excluding hydrogens is 457 g/mol. The molecule has 0 atom stereocenters. The molecule has 3 aromatic rings. The monoisotopic (exact) mass is 484 g/mol. The van der Waals surface area contributed by atoms with Gasteiger partial charge in [0, 0.05) is 42.2 Å². The van der Waals surface area contributed by atoms with E-state index in [4.69, 9.17) is 9.47 Å². The summed E-state index contributed by atoms with van der Waals surface area (Å²) in [5.41, 5.74) is 2.25. The number of hydrogen-bond donors (Lipinski definition) is 0. The Kier molecular flexibility index (Phi) is 5.99. The Balaban J connectivity index is 1.77. The minimum absolute atomic E-state index is 0.141. The molecule has 1 fully saturated rings. The van der Waals surface area contributed by atoms with Gasteiger partial charge >= 0.3 is 6.18 Å². The van der Waals surface area contributed by atoms with Crippen LogP contribution < -0.4 is 19.9 Å². The molecule has 0 spiro atoms. The average molecular weight is 485 g/mol. The van der Waals surface area contributed by atoms with Gasteiger partial charge in [0.15, 0.2) is 0 Å². The SMILES string of the molecule is COc1cc(OC)cc(-c2cn(-c3cc(N4CCCC4)ccc3C(F)(F)F)c(=O)c3c2CCC3)c1. The standard InChI is InChI=1S/C27H27F3N2O3/c1-34-19-12-17(13-20(15-19)35-2)23-16-32(26(33)22-7-5-6-21(22)23)25-14-18(31-10-3-4-11-31)8-9-24(25)27(28,29)30/h8-9,12-16H,3-7,10-11H2,1-2H3. The quantitative estimate of drug-likeness (QED) is 0.471. The summed E-state index contributed by atoms with van der Waals surface area (Å²) in [7, 11) is 3.09. The number of methoxy groups -OCH3 is 2. The summed E-state index contributed by atoms with van der Waals surface area (Å²) in [5.74, 6) is 1.13. The Morgan fingerprint density at radius 2 is 1.51 bits per heavy atom. The van der Waals surface area contributed by atoms with Crippen molar-refractivity contribution in [3.8, 4) is 28.3 Å². The van der Waals surface area contributed by atoms with Crippen LogP contribution in [0.1, 0.15) is 36.0 Å². The van der Waals surface area contributed by atoms with E-state index in [-0.39, 0.29) is 11.2 Å². The zero-order valence-electron chi connectivity index (χ0n) is 19.7. The molecular formula is C27H27F3N2O3. The van der Waals surface area contributed by atoms with Crippen molar-refractivity contribution in [2.24, 2.45) is 0 Å². The van der Waals surface area contributed by atoms with Crippen LogP contribution in [0.15, 0.2) is 47.4 Å². The van der Waals surface area contributed by atoms with Crippen molar-refractivity contribution in [1.29, 1.82) is 0 Å². The Morgan fingerprint density at radius 1 is 0.857 bits per heavy atom. The number of hydrogen-bond acceptors (Lipinski definition) is 4. The lowest BCUT2D eigenvalue weighted by Gasteiger charge is -2.23. The molecule has 0 radical (unpaired) electrons. The fourth-order valence-electron chi connectivity index (χ4n) is 5.21. The number of fused-ring (bicyclic) bond motifs is 1. The van der Waals surface area contributed by atoms with Gasteiger partial charge in [0.1, 0.15) is 11.5 Å². The molecule has 1 aliphatic heterocycles. The minimum Gasteiger partial charge on any atom is -0.497 e. The first-order chi connectivity index (χ1) is 16.8. The average Bonchev–Trinajstić information content (AvgIpc) is 3.56. The van der Waals surface area contributed by atoms with E-state index in [2.05, 4.69) is 4.90 Å². The number of halogens is 3. The lowest BCUT2D eigenvalue weighted by atomic mass is 9.98. The van der Waals surface area contributed by atoms with Gasteiger partial charge in [0.05, 0.1) is 25.5 Å². The Morgan fingerprint density at radius 3 is 2.14 bits per heavy atom. The highest BCUT2D eigenvalue weighted by Crippen LogP contribution is 2.39. The number of benzene rings is 2. The maximum atomic E-state index is 14.1. The second kappa shape index (κ2) is 8.98. The molecule has 1 saturated heterocycles. The molecule has 1 aromatic heterocycles. The highest BCUT2D eigenvalue weighted by Gasteiger charge is 2.35. The molecule has 5 nitrogen and oxygen atoms in total. The Bertz CT molecular complexity index is 1300. The molecule has 35 heavy (non-hydrogen) atoms. The third kappa shape index (κ3) is 4.26. The van der Waals surface area contributed by atoms with E-state index in [1.54, 1.807) is 26.5 Å². The van der Waals surface area contributed by atoms with E-state index in [1.165, 1.54) is 16.7 Å². The predicted octanol–water partition coefficient (Wildman–Crippen LogP) is 5.63. The van der Waals surface area contributed by atoms with E-state index in [1.807, 2.05) is 12.1 Å². The maximum absolute atomic E-state index is 14.1. The third-order valence-electron chi connectivity index (χ3n) is 6.96. The fourth-order valence-corrected chi connectivity index (χ4v) is 5.21. The molecule has 2 aliphatic rings. The lowest BCUT2D eigenvalue weighted by Crippen LogP contribution is -2.26. The molecule has 0 bridgehead atoms. The molecule has 0 N–H and O–H groups in total. The van der Waals surface area contributed by atoms with Crippen LogP contribution in [0.4, 0.5) is 18.9 Å². The van der Waals surface area contributed by atoms with Gasteiger partial charge in [-0.2, -0.15) is 13.2 Å². The first kappa shape index (κ1) is 23.3. The fraction of sp³-hybridized carbons (Fsp3) is 0.370. The number of aromatic nitrogens is 1. The first-order valence-corrected chi connectivity index (χ1v) is 11.8. The Hall–Kier alpha value is -3.42. The second-order valence-corrected chi connectivity index (χ2v) is 9.02. The van der Waals surface area contributed by atoms with Crippen LogP contribution in [0, 0.1) is 0 Å². The normalized spacial score (nSPS) is 15.4. The van der Waals surface area contributed by atoms with Crippen LogP contribution in [0.2, 0.25) is 0 Å². The second-order valence-electron chi connectivity index (χ2n) is 9.02. The molecule has 8 heteroatoms. The third-order valence-corrected chi connectivity index (χ3v) is 6.96. The molecule has 2 aromatic carbocycles. The number of alkyl halides is 3. The molecule has 0 amide bonds. The van der Waals surface area contributed by atoms with E-state index in [9.17, 15) is 18.0 Å². The molecule has 2 heterocycles. The highest BCUT2D eigenvalue weighted by molar-refractivity contribution is 5.72. The van der Waals surface area contributed by atoms with Gasteiger partial charge in [0.25, 0.3) is 5.56 Å². The van der Waals surface area contributed by atoms with Gasteiger partial charge in [-0.05, 0) is 73.6 Å². The van der Waals surface area contributed by atoms with Crippen LogP contribution >= 0.6 is 0 Å². The lowest BCUT2D eigenvalue weighted by molar-refractivity contribution is -0.137. The molecule has 184 valence electrons. The molecule has 5 rings (SSSR count). The molecule has 1 aliphatic carbocycles. The number of ether oxygens (including phenoxy) is 2. The van der Waals surface area contributed by atoms with Crippen LogP contribution in [0.3, 0.4) is 0 Å². The summed E-state index contributed by atoms with van der Waals surface area (Å²) in [6.45, 7) is 1.58. The van der Waals surface area contributed by atoms with Gasteiger partial charge in [-0.25, -0.2) is 0 Å². The number of pyridine rings is 1. The molecule has 0 saturated carbocycles. The van der Waals surface area contributed by atoms with Crippen LogP contribution in [-0.2, 0) is 19.0 Å². The van der Waals surface area contributed by atoms with Crippen LogP contribution in [0.25, 0.3) is 16.8 Å². The minimum atomic E-state index is -4.60. The molecule has 0 unspecified atom stereocenters. The number of rotatable bonds is 5. The van der Waals surface area contributed by atoms with E-state index >= 15 is 0 Å². The maximum Gasteiger partial charge on any atom is 0.418 e.